The maximum absolute atomic E-state index is 5.73. The molecule has 17 heavy (non-hydrogen) atoms. The van der Waals surface area contributed by atoms with Gasteiger partial charge in [-0.2, -0.15) is 0 Å². The van der Waals surface area contributed by atoms with Crippen molar-refractivity contribution in [1.82, 2.24) is 0 Å². The topological polar surface area (TPSA) is 47.3 Å². The highest BCUT2D eigenvalue weighted by molar-refractivity contribution is 7.80. The molecule has 3 nitrogen and oxygen atoms in total. The Kier molecular flexibility index (Phi) is 3.97. The quantitative estimate of drug-likeness (QED) is 0.808. The molecule has 0 aliphatic carbocycles. The number of benzene rings is 1. The summed E-state index contributed by atoms with van der Waals surface area (Å²) >= 11 is 5.07. The summed E-state index contributed by atoms with van der Waals surface area (Å²) in [4.78, 5) is 0.434. The molecule has 92 valence electrons. The van der Waals surface area contributed by atoms with Crippen LogP contribution < -0.4 is 11.1 Å². The first-order valence-electron chi connectivity index (χ1n) is 5.91. The van der Waals surface area contributed by atoms with Gasteiger partial charge in [-0.1, -0.05) is 18.3 Å². The van der Waals surface area contributed by atoms with Crippen molar-refractivity contribution < 1.29 is 4.74 Å². The van der Waals surface area contributed by atoms with Gasteiger partial charge in [-0.25, -0.2) is 0 Å². The van der Waals surface area contributed by atoms with E-state index in [1.54, 1.807) is 0 Å². The van der Waals surface area contributed by atoms with Crippen LogP contribution >= 0.6 is 12.2 Å². The number of nitrogens with two attached hydrogens (primary N) is 1. The predicted molar refractivity (Wildman–Crippen MR) is 74.5 cm³/mol. The fourth-order valence-electron chi connectivity index (χ4n) is 2.07. The van der Waals surface area contributed by atoms with Crippen LogP contribution in [0.15, 0.2) is 18.2 Å². The predicted octanol–water partition coefficient (Wildman–Crippen LogP) is 2.22. The SMILES string of the molecule is Cc1ccc(C(N)=S)c(NC2CCCOC2)c1. The summed E-state index contributed by atoms with van der Waals surface area (Å²) in [6, 6.07) is 6.45. The first kappa shape index (κ1) is 12.3. The lowest BCUT2D eigenvalue weighted by Crippen LogP contribution is -2.31. The van der Waals surface area contributed by atoms with E-state index >= 15 is 0 Å². The first-order valence-corrected chi connectivity index (χ1v) is 6.32. The first-order chi connectivity index (χ1) is 8.16. The minimum Gasteiger partial charge on any atom is -0.389 e. The van der Waals surface area contributed by atoms with Crippen molar-refractivity contribution in [3.8, 4) is 0 Å². The second-order valence-electron chi connectivity index (χ2n) is 4.47. The van der Waals surface area contributed by atoms with E-state index in [4.69, 9.17) is 22.7 Å². The standard InChI is InChI=1S/C13H18N2OS/c1-9-4-5-11(13(14)17)12(7-9)15-10-3-2-6-16-8-10/h4-5,7,10,15H,2-3,6,8H2,1H3,(H2,14,17). The lowest BCUT2D eigenvalue weighted by Gasteiger charge is -2.25. The van der Waals surface area contributed by atoms with Crippen LogP contribution in [0.1, 0.15) is 24.0 Å². The largest absolute Gasteiger partial charge is 0.389 e. The molecule has 1 fully saturated rings. The molecule has 1 heterocycles. The molecule has 1 saturated heterocycles. The number of thiocarbonyl (C=S) groups is 1. The Morgan fingerprint density at radius 3 is 3.00 bits per heavy atom. The molecule has 1 unspecified atom stereocenters. The van der Waals surface area contributed by atoms with E-state index in [0.717, 1.165) is 37.3 Å². The van der Waals surface area contributed by atoms with Crippen LogP contribution in [-0.2, 0) is 4.74 Å². The second-order valence-corrected chi connectivity index (χ2v) is 4.91. The third-order valence-electron chi connectivity index (χ3n) is 2.96. The summed E-state index contributed by atoms with van der Waals surface area (Å²) in [5, 5.41) is 3.48. The Labute approximate surface area is 107 Å². The number of ether oxygens (including phenoxy) is 1. The highest BCUT2D eigenvalue weighted by atomic mass is 32.1. The molecule has 0 saturated carbocycles. The van der Waals surface area contributed by atoms with Crippen molar-refractivity contribution in [2.45, 2.75) is 25.8 Å². The molecular weight excluding hydrogens is 232 g/mol. The summed E-state index contributed by atoms with van der Waals surface area (Å²) in [5.41, 5.74) is 8.86. The van der Waals surface area contributed by atoms with Gasteiger partial charge in [-0.05, 0) is 37.5 Å². The second kappa shape index (κ2) is 5.47. The summed E-state index contributed by atoms with van der Waals surface area (Å²) in [6.07, 6.45) is 2.23. The Balaban J connectivity index is 2.17. The highest BCUT2D eigenvalue weighted by Gasteiger charge is 2.15. The van der Waals surface area contributed by atoms with Crippen LogP contribution in [0.2, 0.25) is 0 Å². The summed E-state index contributed by atoms with van der Waals surface area (Å²) < 4.78 is 5.46. The zero-order valence-electron chi connectivity index (χ0n) is 10.0. The molecule has 1 aliphatic rings. The van der Waals surface area contributed by atoms with Crippen LogP contribution in [0.25, 0.3) is 0 Å². The Morgan fingerprint density at radius 2 is 2.35 bits per heavy atom. The molecule has 0 bridgehead atoms. The smallest absolute Gasteiger partial charge is 0.106 e. The zero-order valence-corrected chi connectivity index (χ0v) is 10.8. The van der Waals surface area contributed by atoms with Gasteiger partial charge >= 0.3 is 0 Å². The fraction of sp³-hybridized carbons (Fsp3) is 0.462. The maximum atomic E-state index is 5.73. The summed E-state index contributed by atoms with van der Waals surface area (Å²) in [7, 11) is 0. The average molecular weight is 250 g/mol. The number of hydrogen-bond donors (Lipinski definition) is 2. The zero-order chi connectivity index (χ0) is 12.3. The molecule has 0 spiro atoms. The lowest BCUT2D eigenvalue weighted by molar-refractivity contribution is 0.0876. The van der Waals surface area contributed by atoms with Gasteiger partial charge in [0.05, 0.1) is 6.61 Å². The van der Waals surface area contributed by atoms with Crippen LogP contribution in [0.3, 0.4) is 0 Å². The van der Waals surface area contributed by atoms with E-state index in [0.29, 0.717) is 11.0 Å². The number of aryl methyl sites for hydroxylation is 1. The van der Waals surface area contributed by atoms with Crippen molar-refractivity contribution in [3.05, 3.63) is 29.3 Å². The molecule has 1 aliphatic heterocycles. The van der Waals surface area contributed by atoms with Crippen molar-refractivity contribution in [1.29, 1.82) is 0 Å². The van der Waals surface area contributed by atoms with Crippen molar-refractivity contribution >= 4 is 22.9 Å². The van der Waals surface area contributed by atoms with E-state index in [1.165, 1.54) is 5.56 Å². The fourth-order valence-corrected chi connectivity index (χ4v) is 2.24. The Bertz CT molecular complexity index is 414. The summed E-state index contributed by atoms with van der Waals surface area (Å²) in [6.45, 7) is 3.69. The van der Waals surface area contributed by atoms with Crippen LogP contribution in [0.5, 0.6) is 0 Å². The molecule has 4 heteroatoms. The third kappa shape index (κ3) is 3.17. The highest BCUT2D eigenvalue weighted by Crippen LogP contribution is 2.20. The number of hydrogen-bond acceptors (Lipinski definition) is 3. The van der Waals surface area contributed by atoms with Crippen LogP contribution in [0.4, 0.5) is 5.69 Å². The van der Waals surface area contributed by atoms with Gasteiger partial charge in [-0.15, -0.1) is 0 Å². The Morgan fingerprint density at radius 1 is 1.53 bits per heavy atom. The van der Waals surface area contributed by atoms with Gasteiger partial charge in [0.25, 0.3) is 0 Å². The average Bonchev–Trinajstić information content (AvgIpc) is 2.30. The van der Waals surface area contributed by atoms with Crippen LogP contribution in [0, 0.1) is 6.92 Å². The normalized spacial score (nSPS) is 19.9. The molecule has 3 N–H and O–H groups in total. The molecule has 1 aromatic carbocycles. The molecule has 0 radical (unpaired) electrons. The van der Waals surface area contributed by atoms with Crippen molar-refractivity contribution in [2.24, 2.45) is 5.73 Å². The number of rotatable bonds is 3. The summed E-state index contributed by atoms with van der Waals surface area (Å²) in [5.74, 6) is 0. The van der Waals surface area contributed by atoms with Gasteiger partial charge in [0, 0.05) is 23.9 Å². The van der Waals surface area contributed by atoms with E-state index in [-0.39, 0.29) is 0 Å². The van der Waals surface area contributed by atoms with Crippen molar-refractivity contribution in [3.63, 3.8) is 0 Å². The van der Waals surface area contributed by atoms with Gasteiger partial charge in [0.15, 0.2) is 0 Å². The molecular formula is C13H18N2OS. The van der Waals surface area contributed by atoms with Gasteiger partial charge in [0.2, 0.25) is 0 Å². The maximum Gasteiger partial charge on any atom is 0.106 e. The molecule has 2 rings (SSSR count). The monoisotopic (exact) mass is 250 g/mol. The number of anilines is 1. The van der Waals surface area contributed by atoms with Crippen molar-refractivity contribution in [2.75, 3.05) is 18.5 Å². The van der Waals surface area contributed by atoms with E-state index in [2.05, 4.69) is 18.3 Å². The number of nitrogens with one attached hydrogen (secondary N) is 1. The third-order valence-corrected chi connectivity index (χ3v) is 3.18. The lowest BCUT2D eigenvalue weighted by atomic mass is 10.1. The van der Waals surface area contributed by atoms with Gasteiger partial charge < -0.3 is 15.8 Å². The van der Waals surface area contributed by atoms with E-state index < -0.39 is 0 Å². The van der Waals surface area contributed by atoms with E-state index in [9.17, 15) is 0 Å². The molecule has 0 aromatic heterocycles. The van der Waals surface area contributed by atoms with Gasteiger partial charge in [-0.3, -0.25) is 0 Å². The van der Waals surface area contributed by atoms with Gasteiger partial charge in [0.1, 0.15) is 4.99 Å². The molecule has 1 aromatic rings. The van der Waals surface area contributed by atoms with Crippen LogP contribution in [-0.4, -0.2) is 24.2 Å². The van der Waals surface area contributed by atoms with E-state index in [1.807, 2.05) is 12.1 Å². The molecule has 0 amide bonds. The Hall–Kier alpha value is -1.13. The minimum absolute atomic E-state index is 0.360. The molecule has 1 atom stereocenters. The minimum atomic E-state index is 0.360.